The summed E-state index contributed by atoms with van der Waals surface area (Å²) in [5.74, 6) is -1.59. The molecule has 0 radical (unpaired) electrons. The number of H-pyrrole nitrogens is 1. The molecule has 13 nitrogen and oxygen atoms in total. The van der Waals surface area contributed by atoms with Gasteiger partial charge in [-0.3, -0.25) is 19.1 Å². The van der Waals surface area contributed by atoms with E-state index in [2.05, 4.69) is 20.5 Å². The Bertz CT molecular complexity index is 1480. The first-order chi connectivity index (χ1) is 17.4. The van der Waals surface area contributed by atoms with Gasteiger partial charge < -0.3 is 15.4 Å². The van der Waals surface area contributed by atoms with Gasteiger partial charge in [-0.25, -0.2) is 14.3 Å². The predicted molar refractivity (Wildman–Crippen MR) is 129 cm³/mol. The number of tetrazole rings is 1. The average molecular weight is 490 g/mol. The van der Waals surface area contributed by atoms with E-state index in [1.54, 1.807) is 43.3 Å². The summed E-state index contributed by atoms with van der Waals surface area (Å²) in [6.45, 7) is 1.13. The molecular weight excluding hydrogens is 468 g/mol. The van der Waals surface area contributed by atoms with Gasteiger partial charge >= 0.3 is 11.7 Å². The Balaban J connectivity index is 1.50. The highest BCUT2D eigenvalue weighted by Gasteiger charge is 2.24. The maximum atomic E-state index is 12.9. The lowest BCUT2D eigenvalue weighted by Gasteiger charge is -2.23. The number of rotatable bonds is 8. The molecule has 1 amide bonds. The van der Waals surface area contributed by atoms with Gasteiger partial charge in [0.25, 0.3) is 11.5 Å². The Morgan fingerprint density at radius 1 is 1.08 bits per heavy atom. The fourth-order valence-corrected chi connectivity index (χ4v) is 3.54. The van der Waals surface area contributed by atoms with E-state index in [-0.39, 0.29) is 30.2 Å². The van der Waals surface area contributed by atoms with Gasteiger partial charge in [0.2, 0.25) is 0 Å². The third kappa shape index (κ3) is 5.04. The minimum Gasteiger partial charge on any atom is -0.452 e. The summed E-state index contributed by atoms with van der Waals surface area (Å²) < 4.78 is 7.74. The van der Waals surface area contributed by atoms with Gasteiger partial charge in [-0.15, -0.1) is 5.10 Å². The largest absolute Gasteiger partial charge is 0.452 e. The number of ether oxygens (including phenoxy) is 1. The monoisotopic (exact) mass is 490 g/mol. The summed E-state index contributed by atoms with van der Waals surface area (Å²) in [5.41, 5.74) is 6.07. The van der Waals surface area contributed by atoms with Gasteiger partial charge in [-0.1, -0.05) is 30.3 Å². The molecule has 3 N–H and O–H groups in total. The summed E-state index contributed by atoms with van der Waals surface area (Å²) in [5, 5.41) is 10.8. The minimum absolute atomic E-state index is 0.0494. The normalized spacial score (nSPS) is 10.7. The van der Waals surface area contributed by atoms with E-state index >= 15 is 0 Å². The quantitative estimate of drug-likeness (QED) is 0.331. The second-order valence-electron chi connectivity index (χ2n) is 7.58. The van der Waals surface area contributed by atoms with Crippen LogP contribution in [0.3, 0.4) is 0 Å². The number of anilines is 2. The molecule has 0 atom stereocenters. The molecule has 0 aliphatic heterocycles. The maximum absolute atomic E-state index is 12.9. The van der Waals surface area contributed by atoms with Crippen LogP contribution in [-0.2, 0) is 16.1 Å². The van der Waals surface area contributed by atoms with Crippen LogP contribution < -0.4 is 21.9 Å². The van der Waals surface area contributed by atoms with E-state index < -0.39 is 29.7 Å². The number of likely N-dealkylation sites (N-methyl/N-ethyl adjacent to an activating group) is 1. The number of aromatic nitrogens is 6. The number of nitrogen functional groups attached to an aromatic ring is 1. The van der Waals surface area contributed by atoms with E-state index in [4.69, 9.17) is 10.5 Å². The van der Waals surface area contributed by atoms with Crippen molar-refractivity contribution < 1.29 is 14.3 Å². The number of nitrogens with zero attached hydrogens (tertiary/aromatic N) is 6. The maximum Gasteiger partial charge on any atom is 0.338 e. The number of amides is 1. The van der Waals surface area contributed by atoms with E-state index in [1.165, 1.54) is 27.7 Å². The Kier molecular flexibility index (Phi) is 6.99. The number of aromatic amines is 1. The molecule has 0 fully saturated rings. The summed E-state index contributed by atoms with van der Waals surface area (Å²) in [4.78, 5) is 53.6. The number of hydrogen-bond acceptors (Lipinski definition) is 9. The molecule has 0 spiro atoms. The average Bonchev–Trinajstić information content (AvgIpc) is 3.43. The summed E-state index contributed by atoms with van der Waals surface area (Å²) in [6, 6.07) is 15.3. The number of benzene rings is 2. The molecule has 0 unspecified atom stereocenters. The van der Waals surface area contributed by atoms with Crippen LogP contribution >= 0.6 is 0 Å². The van der Waals surface area contributed by atoms with Gasteiger partial charge in [-0.2, -0.15) is 0 Å². The molecule has 4 aromatic rings. The fourth-order valence-electron chi connectivity index (χ4n) is 3.54. The molecule has 0 saturated carbocycles. The van der Waals surface area contributed by atoms with Crippen molar-refractivity contribution in [3.8, 4) is 5.69 Å². The highest BCUT2D eigenvalue weighted by Crippen LogP contribution is 2.18. The minimum atomic E-state index is -0.818. The lowest BCUT2D eigenvalue weighted by molar-refractivity contribution is -0.121. The Morgan fingerprint density at radius 2 is 1.81 bits per heavy atom. The van der Waals surface area contributed by atoms with Crippen LogP contribution in [0.4, 0.5) is 11.5 Å². The number of esters is 1. The highest BCUT2D eigenvalue weighted by molar-refractivity contribution is 5.98. The first-order valence-electron chi connectivity index (χ1n) is 10.9. The third-order valence-electron chi connectivity index (χ3n) is 5.33. The lowest BCUT2D eigenvalue weighted by Crippen LogP contribution is -2.42. The summed E-state index contributed by atoms with van der Waals surface area (Å²) in [7, 11) is 0. The number of nitrogens with two attached hydrogens (primary N) is 1. The molecule has 4 rings (SSSR count). The first-order valence-corrected chi connectivity index (χ1v) is 10.9. The summed E-state index contributed by atoms with van der Waals surface area (Å²) in [6.07, 6.45) is 1.40. The highest BCUT2D eigenvalue weighted by atomic mass is 16.5. The predicted octanol–water partition coefficient (Wildman–Crippen LogP) is 0.353. The van der Waals surface area contributed by atoms with Crippen LogP contribution in [0.2, 0.25) is 0 Å². The summed E-state index contributed by atoms with van der Waals surface area (Å²) >= 11 is 0. The second-order valence-corrected chi connectivity index (χ2v) is 7.58. The molecule has 0 aliphatic rings. The molecule has 0 bridgehead atoms. The van der Waals surface area contributed by atoms with Crippen molar-refractivity contribution in [2.24, 2.45) is 0 Å². The van der Waals surface area contributed by atoms with Crippen LogP contribution in [0.5, 0.6) is 0 Å². The third-order valence-corrected chi connectivity index (χ3v) is 5.33. The van der Waals surface area contributed by atoms with Crippen LogP contribution in [0.15, 0.2) is 70.5 Å². The first kappa shape index (κ1) is 24.1. The fraction of sp³-hybridized carbons (Fsp3) is 0.174. The second kappa shape index (κ2) is 10.5. The molecule has 0 saturated heterocycles. The lowest BCUT2D eigenvalue weighted by atomic mass is 10.2. The zero-order chi connectivity index (χ0) is 25.7. The van der Waals surface area contributed by atoms with Crippen LogP contribution in [0.1, 0.15) is 22.8 Å². The van der Waals surface area contributed by atoms with Crippen LogP contribution in [0.25, 0.3) is 5.69 Å². The molecule has 2 heterocycles. The molecule has 36 heavy (non-hydrogen) atoms. The Morgan fingerprint density at radius 3 is 2.44 bits per heavy atom. The van der Waals surface area contributed by atoms with E-state index in [9.17, 15) is 19.2 Å². The van der Waals surface area contributed by atoms with Crippen molar-refractivity contribution in [3.05, 3.63) is 92.9 Å². The molecule has 0 aliphatic carbocycles. The molecule has 184 valence electrons. The van der Waals surface area contributed by atoms with Crippen molar-refractivity contribution in [2.45, 2.75) is 13.5 Å². The van der Waals surface area contributed by atoms with E-state index in [0.29, 0.717) is 5.69 Å². The molecular formula is C23H22N8O5. The topological polar surface area (TPSA) is 171 Å². The van der Waals surface area contributed by atoms with Gasteiger partial charge in [0, 0.05) is 6.54 Å². The zero-order valence-corrected chi connectivity index (χ0v) is 19.2. The van der Waals surface area contributed by atoms with E-state index in [1.807, 2.05) is 6.07 Å². The number of carbonyl (C=O) groups is 2. The number of carbonyl (C=O) groups excluding carboxylic acids is 2. The van der Waals surface area contributed by atoms with Gasteiger partial charge in [0.1, 0.15) is 12.1 Å². The number of hydrogen-bond donors (Lipinski definition) is 2. The number of nitrogens with one attached hydrogen (secondary N) is 1. The van der Waals surface area contributed by atoms with Crippen molar-refractivity contribution in [2.75, 3.05) is 23.8 Å². The van der Waals surface area contributed by atoms with E-state index in [0.717, 1.165) is 10.5 Å². The Hall–Kier alpha value is -5.07. The van der Waals surface area contributed by atoms with Crippen molar-refractivity contribution in [1.29, 1.82) is 0 Å². The standard InChI is InChI=1S/C23H22N8O5/c1-2-29(19-20(24)30(23(35)26-21(19)33)12-15-6-4-3-5-7-15)18(32)13-36-22(34)16-8-10-17(11-9-16)31-14-25-27-28-31/h3-11,14H,2,12-13,24H2,1H3,(H,26,33,35). The molecule has 13 heteroatoms. The van der Waals surface area contributed by atoms with Crippen molar-refractivity contribution in [1.82, 2.24) is 29.8 Å². The van der Waals surface area contributed by atoms with Crippen molar-refractivity contribution >= 4 is 23.4 Å². The van der Waals surface area contributed by atoms with Gasteiger partial charge in [0.15, 0.2) is 12.3 Å². The van der Waals surface area contributed by atoms with Gasteiger partial charge in [-0.05, 0) is 47.2 Å². The SMILES string of the molecule is CCN(C(=O)COC(=O)c1ccc(-n2cnnn2)cc1)c1c(N)n(Cc2ccccc2)c(=O)[nH]c1=O. The smallest absolute Gasteiger partial charge is 0.338 e. The van der Waals surface area contributed by atoms with Crippen molar-refractivity contribution in [3.63, 3.8) is 0 Å². The van der Waals surface area contributed by atoms with Gasteiger partial charge in [0.05, 0.1) is 17.8 Å². The van der Waals surface area contributed by atoms with Crippen LogP contribution in [-0.4, -0.2) is 54.8 Å². The van der Waals surface area contributed by atoms with Crippen LogP contribution in [0, 0.1) is 0 Å². The molecule has 2 aromatic carbocycles. The zero-order valence-electron chi connectivity index (χ0n) is 19.2. The Labute approximate surface area is 203 Å². The molecule has 2 aromatic heterocycles.